The number of thiazole rings is 1. The Morgan fingerprint density at radius 3 is 2.47 bits per heavy atom. The van der Waals surface area contributed by atoms with Gasteiger partial charge < -0.3 is 23.8 Å². The van der Waals surface area contributed by atoms with Gasteiger partial charge in [-0.1, -0.05) is 23.5 Å². The van der Waals surface area contributed by atoms with E-state index >= 15 is 0 Å². The number of allylic oxidation sites excluding steroid dienone is 1. The van der Waals surface area contributed by atoms with Gasteiger partial charge in [-0.3, -0.25) is 14.2 Å². The van der Waals surface area contributed by atoms with Crippen molar-refractivity contribution in [3.63, 3.8) is 0 Å². The lowest BCUT2D eigenvalue weighted by Gasteiger charge is -2.25. The van der Waals surface area contributed by atoms with Gasteiger partial charge in [0.05, 0.1) is 47.1 Å². The van der Waals surface area contributed by atoms with E-state index < -0.39 is 12.0 Å². The van der Waals surface area contributed by atoms with Gasteiger partial charge in [-0.05, 0) is 84.1 Å². The first-order valence-electron chi connectivity index (χ1n) is 13.9. The van der Waals surface area contributed by atoms with Crippen LogP contribution in [0.3, 0.4) is 0 Å². The van der Waals surface area contributed by atoms with Crippen molar-refractivity contribution in [1.82, 2.24) is 9.47 Å². The standard InChI is InChI=1S/C31H32BrN3O7S/c1-5-41-30(38)27-18(2)33-31-35(28(27)20-9-11-22(39-3)21(32)16-20)29(37)25(43-31)15-19-8-10-23(24(14-19)40-4)42-17-26(36)34-12-6-7-13-34/h8-11,14-16,28H,5-7,12-13,17H2,1-4H3/b25-15+/t28-/m1/s1. The van der Waals surface area contributed by atoms with Gasteiger partial charge >= 0.3 is 5.97 Å². The van der Waals surface area contributed by atoms with E-state index in [0.717, 1.165) is 25.9 Å². The zero-order valence-electron chi connectivity index (χ0n) is 24.3. The molecular weight excluding hydrogens is 638 g/mol. The number of amides is 1. The Balaban J connectivity index is 1.53. The van der Waals surface area contributed by atoms with E-state index in [1.807, 2.05) is 12.1 Å². The highest BCUT2D eigenvalue weighted by Crippen LogP contribution is 2.35. The molecule has 10 nitrogen and oxygen atoms in total. The van der Waals surface area contributed by atoms with Crippen molar-refractivity contribution in [2.45, 2.75) is 32.7 Å². The minimum Gasteiger partial charge on any atom is -0.496 e. The van der Waals surface area contributed by atoms with Crippen LogP contribution in [0.1, 0.15) is 43.9 Å². The molecule has 2 aliphatic rings. The van der Waals surface area contributed by atoms with Gasteiger partial charge in [-0.2, -0.15) is 0 Å². The van der Waals surface area contributed by atoms with Crippen LogP contribution in [-0.4, -0.2) is 61.9 Å². The van der Waals surface area contributed by atoms with Gasteiger partial charge in [0.25, 0.3) is 11.5 Å². The SMILES string of the molecule is CCOC(=O)C1=C(C)N=c2s/c(=C/c3ccc(OCC(=O)N4CCCC4)c(OC)c3)c(=O)n2[C@@H]1c1ccc(OC)c(Br)c1. The Morgan fingerprint density at radius 1 is 1.07 bits per heavy atom. The van der Waals surface area contributed by atoms with Gasteiger partial charge in [-0.25, -0.2) is 9.79 Å². The molecule has 1 saturated heterocycles. The van der Waals surface area contributed by atoms with Crippen molar-refractivity contribution in [2.24, 2.45) is 4.99 Å². The largest absolute Gasteiger partial charge is 0.496 e. The van der Waals surface area contributed by atoms with E-state index in [1.165, 1.54) is 23.0 Å². The van der Waals surface area contributed by atoms with Crippen molar-refractivity contribution in [3.8, 4) is 17.2 Å². The summed E-state index contributed by atoms with van der Waals surface area (Å²) in [6.45, 7) is 5.11. The van der Waals surface area contributed by atoms with E-state index in [9.17, 15) is 14.4 Å². The first kappa shape index (κ1) is 30.6. The quantitative estimate of drug-likeness (QED) is 0.321. The number of hydrogen-bond donors (Lipinski definition) is 0. The van der Waals surface area contributed by atoms with Crippen LogP contribution in [-0.2, 0) is 14.3 Å². The third-order valence-corrected chi connectivity index (χ3v) is 8.91. The van der Waals surface area contributed by atoms with Crippen molar-refractivity contribution >= 4 is 45.2 Å². The van der Waals surface area contributed by atoms with Crippen LogP contribution >= 0.6 is 27.3 Å². The Labute approximate surface area is 261 Å². The first-order chi connectivity index (χ1) is 20.7. The molecule has 43 heavy (non-hydrogen) atoms. The normalized spacial score (nSPS) is 16.5. The zero-order chi connectivity index (χ0) is 30.7. The molecule has 0 N–H and O–H groups in total. The van der Waals surface area contributed by atoms with Crippen molar-refractivity contribution in [3.05, 3.63) is 83.0 Å². The molecule has 3 heterocycles. The molecule has 0 spiro atoms. The molecule has 1 atom stereocenters. The number of aromatic nitrogens is 1. The van der Waals surface area contributed by atoms with Crippen LogP contribution in [0.4, 0.5) is 0 Å². The second-order valence-electron chi connectivity index (χ2n) is 9.98. The average Bonchev–Trinajstić information content (AvgIpc) is 3.64. The van der Waals surface area contributed by atoms with E-state index in [2.05, 4.69) is 20.9 Å². The first-order valence-corrected chi connectivity index (χ1v) is 15.5. The van der Waals surface area contributed by atoms with E-state index in [0.29, 0.717) is 53.5 Å². The molecule has 5 rings (SSSR count). The molecule has 3 aromatic rings. The molecule has 0 unspecified atom stereocenters. The summed E-state index contributed by atoms with van der Waals surface area (Å²) in [5, 5.41) is 0. The molecule has 226 valence electrons. The molecule has 0 bridgehead atoms. The van der Waals surface area contributed by atoms with Crippen LogP contribution in [0.25, 0.3) is 6.08 Å². The highest BCUT2D eigenvalue weighted by molar-refractivity contribution is 9.10. The van der Waals surface area contributed by atoms with Gasteiger partial charge in [0.2, 0.25) is 0 Å². The second kappa shape index (κ2) is 13.2. The summed E-state index contributed by atoms with van der Waals surface area (Å²) in [7, 11) is 3.09. The van der Waals surface area contributed by atoms with Crippen LogP contribution in [0.15, 0.2) is 61.9 Å². The van der Waals surface area contributed by atoms with Gasteiger partial charge in [0.15, 0.2) is 22.9 Å². The number of fused-ring (bicyclic) bond motifs is 1. The summed E-state index contributed by atoms with van der Waals surface area (Å²) >= 11 is 4.75. The van der Waals surface area contributed by atoms with Crippen molar-refractivity contribution < 1.29 is 28.5 Å². The zero-order valence-corrected chi connectivity index (χ0v) is 26.7. The highest BCUT2D eigenvalue weighted by Gasteiger charge is 2.33. The Kier molecular flexibility index (Phi) is 9.36. The molecular formula is C31H32BrN3O7S. The topological polar surface area (TPSA) is 109 Å². The lowest BCUT2D eigenvalue weighted by Crippen LogP contribution is -2.39. The summed E-state index contributed by atoms with van der Waals surface area (Å²) in [6, 6.07) is 9.95. The van der Waals surface area contributed by atoms with E-state index in [1.54, 1.807) is 56.2 Å². The fourth-order valence-corrected chi connectivity index (χ4v) is 6.81. The van der Waals surface area contributed by atoms with Crippen LogP contribution < -0.4 is 29.1 Å². The predicted octanol–water partition coefficient (Wildman–Crippen LogP) is 3.58. The number of carbonyl (C=O) groups is 2. The number of likely N-dealkylation sites (tertiary alicyclic amines) is 1. The number of hydrogen-bond acceptors (Lipinski definition) is 9. The maximum Gasteiger partial charge on any atom is 0.338 e. The van der Waals surface area contributed by atoms with Crippen LogP contribution in [0.2, 0.25) is 0 Å². The lowest BCUT2D eigenvalue weighted by atomic mass is 9.96. The summed E-state index contributed by atoms with van der Waals surface area (Å²) in [6.07, 6.45) is 3.77. The number of methoxy groups -OCH3 is 2. The number of benzene rings is 2. The minimum atomic E-state index is -0.752. The molecule has 2 aliphatic heterocycles. The number of rotatable bonds is 9. The second-order valence-corrected chi connectivity index (χ2v) is 11.8. The third-order valence-electron chi connectivity index (χ3n) is 7.30. The predicted molar refractivity (Wildman–Crippen MR) is 165 cm³/mol. The highest BCUT2D eigenvalue weighted by atomic mass is 79.9. The summed E-state index contributed by atoms with van der Waals surface area (Å²) in [5.74, 6) is 0.918. The van der Waals surface area contributed by atoms with Gasteiger partial charge in [-0.15, -0.1) is 0 Å². The summed E-state index contributed by atoms with van der Waals surface area (Å²) in [5.41, 5.74) is 1.87. The number of carbonyl (C=O) groups excluding carboxylic acids is 2. The maximum absolute atomic E-state index is 13.9. The number of nitrogens with zero attached hydrogens (tertiary/aromatic N) is 3. The van der Waals surface area contributed by atoms with E-state index in [-0.39, 0.29) is 24.7 Å². The van der Waals surface area contributed by atoms with Crippen molar-refractivity contribution in [1.29, 1.82) is 0 Å². The fourth-order valence-electron chi connectivity index (χ4n) is 5.20. The number of ether oxygens (including phenoxy) is 4. The lowest BCUT2D eigenvalue weighted by molar-refractivity contribution is -0.139. The van der Waals surface area contributed by atoms with Crippen LogP contribution in [0.5, 0.6) is 17.2 Å². The van der Waals surface area contributed by atoms with Gasteiger partial charge in [0.1, 0.15) is 5.75 Å². The fraction of sp³-hybridized carbons (Fsp3) is 0.355. The van der Waals surface area contributed by atoms with Gasteiger partial charge in [0, 0.05) is 13.1 Å². The average molecular weight is 671 g/mol. The molecule has 0 aliphatic carbocycles. The maximum atomic E-state index is 13.9. The molecule has 0 saturated carbocycles. The van der Waals surface area contributed by atoms with Crippen LogP contribution in [0, 0.1) is 0 Å². The summed E-state index contributed by atoms with van der Waals surface area (Å²) in [4.78, 5) is 46.4. The molecule has 1 aromatic heterocycles. The van der Waals surface area contributed by atoms with Crippen molar-refractivity contribution in [2.75, 3.05) is 40.5 Å². The molecule has 1 fully saturated rings. The monoisotopic (exact) mass is 669 g/mol. The number of halogens is 1. The molecule has 12 heteroatoms. The van der Waals surface area contributed by atoms with E-state index in [4.69, 9.17) is 18.9 Å². The Hall–Kier alpha value is -3.90. The Morgan fingerprint density at radius 2 is 1.79 bits per heavy atom. The Bertz CT molecular complexity index is 1770. The third kappa shape index (κ3) is 6.25. The summed E-state index contributed by atoms with van der Waals surface area (Å²) < 4.78 is 24.7. The minimum absolute atomic E-state index is 0.0549. The molecule has 2 aromatic carbocycles. The smallest absolute Gasteiger partial charge is 0.338 e. The molecule has 1 amide bonds. The number of esters is 1. The molecule has 0 radical (unpaired) electrons.